The number of rotatable bonds is 5. The Bertz CT molecular complexity index is 729. The van der Waals surface area contributed by atoms with Crippen LogP contribution in [0.3, 0.4) is 0 Å². The molecule has 1 aliphatic rings. The first kappa shape index (κ1) is 15.7. The molecule has 1 N–H and O–H groups in total. The van der Waals surface area contributed by atoms with Crippen LogP contribution in [-0.4, -0.2) is 34.9 Å². The van der Waals surface area contributed by atoms with Crippen LogP contribution in [0.2, 0.25) is 0 Å². The highest BCUT2D eigenvalue weighted by Gasteiger charge is 2.26. The van der Waals surface area contributed by atoms with Crippen molar-refractivity contribution in [3.8, 4) is 5.75 Å². The van der Waals surface area contributed by atoms with Crippen LogP contribution in [0.25, 0.3) is 0 Å². The Balaban J connectivity index is 1.92. The summed E-state index contributed by atoms with van der Waals surface area (Å²) in [6, 6.07) is 3.36. The third kappa shape index (κ3) is 3.01. The van der Waals surface area contributed by atoms with E-state index in [-0.39, 0.29) is 0 Å². The fourth-order valence-electron chi connectivity index (χ4n) is 2.89. The quantitative estimate of drug-likeness (QED) is 0.907. The van der Waals surface area contributed by atoms with Gasteiger partial charge < -0.3 is 14.7 Å². The minimum Gasteiger partial charge on any atom is -0.496 e. The average molecular weight is 333 g/mol. The summed E-state index contributed by atoms with van der Waals surface area (Å²) >= 11 is 1.61. The molecule has 6 nitrogen and oxygen atoms in total. The van der Waals surface area contributed by atoms with E-state index in [1.165, 1.54) is 0 Å². The van der Waals surface area contributed by atoms with E-state index in [4.69, 9.17) is 4.74 Å². The van der Waals surface area contributed by atoms with Crippen molar-refractivity contribution in [1.29, 1.82) is 0 Å². The fraction of sp³-hybridized carbons (Fsp3) is 0.438. The number of anilines is 1. The predicted molar refractivity (Wildman–Crippen MR) is 88.6 cm³/mol. The number of nitrogens with zero attached hydrogens (tertiary/aromatic N) is 3. The van der Waals surface area contributed by atoms with Gasteiger partial charge >= 0.3 is 5.97 Å². The predicted octanol–water partition coefficient (Wildman–Crippen LogP) is 2.76. The van der Waals surface area contributed by atoms with Gasteiger partial charge in [0.25, 0.3) is 0 Å². The molecule has 0 amide bonds. The number of carbonyl (C=O) groups is 1. The highest BCUT2D eigenvalue weighted by Crippen LogP contribution is 2.34. The lowest BCUT2D eigenvalue weighted by Crippen LogP contribution is -2.31. The number of carboxylic acids is 1. The first-order valence-electron chi connectivity index (χ1n) is 7.63. The Morgan fingerprint density at radius 3 is 2.91 bits per heavy atom. The van der Waals surface area contributed by atoms with E-state index in [0.29, 0.717) is 18.5 Å². The van der Waals surface area contributed by atoms with Gasteiger partial charge in [0.2, 0.25) is 5.13 Å². The minimum absolute atomic E-state index is 0.365. The highest BCUT2D eigenvalue weighted by atomic mass is 32.1. The molecular weight excluding hydrogens is 314 g/mol. The molecule has 7 heteroatoms. The van der Waals surface area contributed by atoms with Crippen LogP contribution in [0, 0.1) is 0 Å². The van der Waals surface area contributed by atoms with Gasteiger partial charge in [-0.25, -0.2) is 4.79 Å². The van der Waals surface area contributed by atoms with Crippen LogP contribution >= 0.6 is 11.3 Å². The maximum atomic E-state index is 11.4. The van der Waals surface area contributed by atoms with Gasteiger partial charge in [0.05, 0.1) is 12.7 Å². The second-order valence-corrected chi connectivity index (χ2v) is 6.52. The molecule has 1 aliphatic heterocycles. The summed E-state index contributed by atoms with van der Waals surface area (Å²) in [5.74, 6) is -0.161. The minimum atomic E-state index is -0.890. The lowest BCUT2D eigenvalue weighted by molar-refractivity contribution is 0.0695. The molecule has 3 rings (SSSR count). The first-order chi connectivity index (χ1) is 11.1. The zero-order valence-corrected chi connectivity index (χ0v) is 14.0. The monoisotopic (exact) mass is 333 g/mol. The summed E-state index contributed by atoms with van der Waals surface area (Å²) in [7, 11) is 1.61. The zero-order valence-electron chi connectivity index (χ0n) is 13.2. The van der Waals surface area contributed by atoms with Crippen LogP contribution < -0.4 is 9.64 Å². The van der Waals surface area contributed by atoms with Crippen molar-refractivity contribution in [3.63, 3.8) is 0 Å². The van der Waals surface area contributed by atoms with Gasteiger partial charge in [0.1, 0.15) is 10.8 Å². The molecule has 23 heavy (non-hydrogen) atoms. The number of hydrogen-bond donors (Lipinski definition) is 1. The number of carboxylic acid groups (broad SMARTS) is 1. The first-order valence-corrected chi connectivity index (χ1v) is 8.45. The third-order valence-electron chi connectivity index (χ3n) is 4.01. The molecule has 0 radical (unpaired) electrons. The van der Waals surface area contributed by atoms with E-state index in [2.05, 4.69) is 22.0 Å². The van der Waals surface area contributed by atoms with E-state index >= 15 is 0 Å². The summed E-state index contributed by atoms with van der Waals surface area (Å²) in [5.41, 5.74) is 2.17. The standard InChI is InChI=1S/C16H19N3O3S/c1-3-4-14-17-18-16(23-14)19-8-7-10-11(15(20)21)5-6-13(22-2)12(10)9-19/h5-6H,3-4,7-9H2,1-2H3,(H,20,21). The molecule has 1 aromatic heterocycles. The molecule has 2 heterocycles. The van der Waals surface area contributed by atoms with E-state index in [1.54, 1.807) is 30.6 Å². The third-order valence-corrected chi connectivity index (χ3v) is 5.05. The lowest BCUT2D eigenvalue weighted by Gasteiger charge is -2.30. The summed E-state index contributed by atoms with van der Waals surface area (Å²) in [5, 5.41) is 19.8. The molecule has 0 saturated heterocycles. The molecular formula is C16H19N3O3S. The number of fused-ring (bicyclic) bond motifs is 1. The molecule has 122 valence electrons. The van der Waals surface area contributed by atoms with Gasteiger partial charge in [-0.2, -0.15) is 0 Å². The van der Waals surface area contributed by atoms with E-state index in [9.17, 15) is 9.90 Å². The number of aryl methyl sites for hydroxylation is 1. The number of aromatic carboxylic acids is 1. The van der Waals surface area contributed by atoms with Gasteiger partial charge in [-0.05, 0) is 30.5 Å². The Kier molecular flexibility index (Phi) is 4.47. The lowest BCUT2D eigenvalue weighted by atomic mass is 9.94. The van der Waals surface area contributed by atoms with Crippen LogP contribution in [0.15, 0.2) is 12.1 Å². The normalized spacial score (nSPS) is 13.7. The second kappa shape index (κ2) is 6.54. The second-order valence-electron chi connectivity index (χ2n) is 5.48. The van der Waals surface area contributed by atoms with Crippen molar-refractivity contribution >= 4 is 22.4 Å². The zero-order chi connectivity index (χ0) is 16.4. The molecule has 0 spiro atoms. The maximum Gasteiger partial charge on any atom is 0.335 e. The van der Waals surface area contributed by atoms with Gasteiger partial charge in [0.15, 0.2) is 0 Å². The maximum absolute atomic E-state index is 11.4. The van der Waals surface area contributed by atoms with Crippen molar-refractivity contribution < 1.29 is 14.6 Å². The van der Waals surface area contributed by atoms with Gasteiger partial charge in [-0.1, -0.05) is 18.3 Å². The van der Waals surface area contributed by atoms with Gasteiger partial charge in [-0.15, -0.1) is 10.2 Å². The van der Waals surface area contributed by atoms with Crippen LogP contribution in [-0.2, 0) is 19.4 Å². The number of hydrogen-bond acceptors (Lipinski definition) is 6. The molecule has 0 atom stereocenters. The Labute approximate surface area is 138 Å². The summed E-state index contributed by atoms with van der Waals surface area (Å²) in [6.45, 7) is 3.46. The largest absolute Gasteiger partial charge is 0.496 e. The SMILES string of the molecule is CCCc1nnc(N2CCc3c(C(=O)O)ccc(OC)c3C2)s1. The fourth-order valence-corrected chi connectivity index (χ4v) is 3.85. The van der Waals surface area contributed by atoms with Crippen molar-refractivity contribution in [2.75, 3.05) is 18.6 Å². The number of ether oxygens (including phenoxy) is 1. The van der Waals surface area contributed by atoms with Crippen LogP contribution in [0.1, 0.15) is 39.8 Å². The molecule has 0 fully saturated rings. The number of methoxy groups -OCH3 is 1. The van der Waals surface area contributed by atoms with Crippen molar-refractivity contribution in [2.24, 2.45) is 0 Å². The number of aromatic nitrogens is 2. The smallest absolute Gasteiger partial charge is 0.335 e. The van der Waals surface area contributed by atoms with Gasteiger partial charge in [-0.3, -0.25) is 0 Å². The molecule has 1 aromatic carbocycles. The molecule has 2 aromatic rings. The molecule has 0 aliphatic carbocycles. The van der Waals surface area contributed by atoms with E-state index in [0.717, 1.165) is 46.4 Å². The Morgan fingerprint density at radius 2 is 2.22 bits per heavy atom. The number of benzene rings is 1. The summed E-state index contributed by atoms with van der Waals surface area (Å²) in [4.78, 5) is 13.6. The van der Waals surface area contributed by atoms with Crippen molar-refractivity contribution in [2.45, 2.75) is 32.7 Å². The topological polar surface area (TPSA) is 75.6 Å². The van der Waals surface area contributed by atoms with Crippen molar-refractivity contribution in [3.05, 3.63) is 33.8 Å². The summed E-state index contributed by atoms with van der Waals surface area (Å²) < 4.78 is 5.42. The van der Waals surface area contributed by atoms with Crippen molar-refractivity contribution in [1.82, 2.24) is 10.2 Å². The highest BCUT2D eigenvalue weighted by molar-refractivity contribution is 7.15. The summed E-state index contributed by atoms with van der Waals surface area (Å²) in [6.07, 6.45) is 2.65. The molecule has 0 bridgehead atoms. The molecule has 0 unspecified atom stereocenters. The molecule has 0 saturated carbocycles. The van der Waals surface area contributed by atoms with Crippen LogP contribution in [0.4, 0.5) is 5.13 Å². The van der Waals surface area contributed by atoms with E-state index in [1.807, 2.05) is 0 Å². The van der Waals surface area contributed by atoms with Gasteiger partial charge in [0, 0.05) is 25.1 Å². The van der Waals surface area contributed by atoms with E-state index < -0.39 is 5.97 Å². The Morgan fingerprint density at radius 1 is 1.39 bits per heavy atom. The van der Waals surface area contributed by atoms with Crippen LogP contribution in [0.5, 0.6) is 5.75 Å². The Hall–Kier alpha value is -2.15. The average Bonchev–Trinajstić information content (AvgIpc) is 3.02.